The number of methoxy groups -OCH3 is 1. The lowest BCUT2D eigenvalue weighted by molar-refractivity contribution is 0.409. The van der Waals surface area contributed by atoms with E-state index in [-0.39, 0.29) is 11.3 Å². The lowest BCUT2D eigenvalue weighted by Gasteiger charge is -2.10. The molecule has 0 radical (unpaired) electrons. The summed E-state index contributed by atoms with van der Waals surface area (Å²) in [5, 5.41) is 1.07. The van der Waals surface area contributed by atoms with Gasteiger partial charge in [0.15, 0.2) is 0 Å². The lowest BCUT2D eigenvalue weighted by Crippen LogP contribution is -2.09. The SMILES string of the molecule is CCCc1cc2c(=O)c(-c3nc4ccccc4s3)c(N)oc2cc1OC. The topological polar surface area (TPSA) is 78.4 Å². The van der Waals surface area contributed by atoms with Gasteiger partial charge in [0.25, 0.3) is 0 Å². The number of ether oxygens (including phenoxy) is 1. The van der Waals surface area contributed by atoms with Gasteiger partial charge in [0.2, 0.25) is 11.3 Å². The molecular weight excluding hydrogens is 348 g/mol. The highest BCUT2D eigenvalue weighted by atomic mass is 32.1. The molecule has 0 fully saturated rings. The van der Waals surface area contributed by atoms with Crippen molar-refractivity contribution in [3.63, 3.8) is 0 Å². The standard InChI is InChI=1S/C20H18N2O3S/c1-3-6-11-9-12-15(10-14(11)24-2)25-19(21)17(18(12)23)20-22-13-7-4-5-8-16(13)26-20/h4-5,7-10H,3,6,21H2,1-2H3. The highest BCUT2D eigenvalue weighted by Crippen LogP contribution is 2.34. The van der Waals surface area contributed by atoms with Crippen molar-refractivity contribution in [2.45, 2.75) is 19.8 Å². The first-order valence-electron chi connectivity index (χ1n) is 8.41. The quantitative estimate of drug-likeness (QED) is 0.570. The van der Waals surface area contributed by atoms with Crippen LogP contribution in [0, 0.1) is 0 Å². The van der Waals surface area contributed by atoms with E-state index in [0.29, 0.717) is 27.3 Å². The molecule has 0 spiro atoms. The van der Waals surface area contributed by atoms with Crippen molar-refractivity contribution < 1.29 is 9.15 Å². The number of para-hydroxylation sites is 1. The first kappa shape index (κ1) is 16.6. The van der Waals surface area contributed by atoms with Crippen LogP contribution in [0.5, 0.6) is 5.75 Å². The Hall–Kier alpha value is -2.86. The first-order chi connectivity index (χ1) is 12.6. The fourth-order valence-electron chi connectivity index (χ4n) is 3.12. The summed E-state index contributed by atoms with van der Waals surface area (Å²) in [5.41, 5.74) is 8.50. The third-order valence-electron chi connectivity index (χ3n) is 4.35. The molecule has 2 aromatic heterocycles. The molecule has 0 saturated carbocycles. The number of aryl methyl sites for hydroxylation is 1. The maximum atomic E-state index is 13.2. The number of hydrogen-bond donors (Lipinski definition) is 1. The normalized spacial score (nSPS) is 11.3. The summed E-state index contributed by atoms with van der Waals surface area (Å²) in [6, 6.07) is 11.3. The minimum atomic E-state index is -0.164. The molecule has 2 aromatic carbocycles. The van der Waals surface area contributed by atoms with E-state index in [1.807, 2.05) is 30.3 Å². The van der Waals surface area contributed by atoms with Gasteiger partial charge in [-0.15, -0.1) is 11.3 Å². The highest BCUT2D eigenvalue weighted by Gasteiger charge is 2.19. The molecule has 5 nitrogen and oxygen atoms in total. The fraction of sp³-hybridized carbons (Fsp3) is 0.200. The monoisotopic (exact) mass is 366 g/mol. The van der Waals surface area contributed by atoms with E-state index in [2.05, 4.69) is 11.9 Å². The van der Waals surface area contributed by atoms with E-state index in [1.165, 1.54) is 11.3 Å². The molecule has 2 N–H and O–H groups in total. The predicted octanol–water partition coefficient (Wildman–Crippen LogP) is 4.61. The van der Waals surface area contributed by atoms with Crippen LogP contribution in [-0.2, 0) is 6.42 Å². The number of anilines is 1. The van der Waals surface area contributed by atoms with Crippen molar-refractivity contribution >= 4 is 38.4 Å². The number of aromatic nitrogens is 1. The molecule has 0 aliphatic rings. The molecule has 4 rings (SSSR count). The third-order valence-corrected chi connectivity index (χ3v) is 5.40. The van der Waals surface area contributed by atoms with Crippen LogP contribution in [0.3, 0.4) is 0 Å². The first-order valence-corrected chi connectivity index (χ1v) is 9.23. The van der Waals surface area contributed by atoms with Crippen molar-refractivity contribution in [3.05, 3.63) is 52.2 Å². The van der Waals surface area contributed by atoms with Crippen LogP contribution in [-0.4, -0.2) is 12.1 Å². The number of benzene rings is 2. The minimum absolute atomic E-state index is 0.0758. The Labute approximate surface area is 154 Å². The number of nitrogens with zero attached hydrogens (tertiary/aromatic N) is 1. The average molecular weight is 366 g/mol. The van der Waals surface area contributed by atoms with Crippen LogP contribution in [0.25, 0.3) is 31.8 Å². The van der Waals surface area contributed by atoms with Crippen molar-refractivity contribution in [1.82, 2.24) is 4.98 Å². The van der Waals surface area contributed by atoms with Gasteiger partial charge in [-0.2, -0.15) is 0 Å². The molecule has 132 valence electrons. The van der Waals surface area contributed by atoms with Gasteiger partial charge in [-0.05, 0) is 30.2 Å². The summed E-state index contributed by atoms with van der Waals surface area (Å²) in [6.07, 6.45) is 1.77. The Bertz CT molecular complexity index is 1140. The molecule has 0 saturated heterocycles. The number of nitrogens with two attached hydrogens (primary N) is 1. The van der Waals surface area contributed by atoms with Crippen LogP contribution in [0.1, 0.15) is 18.9 Å². The van der Waals surface area contributed by atoms with Gasteiger partial charge >= 0.3 is 0 Å². The van der Waals surface area contributed by atoms with Crippen molar-refractivity contribution in [2.24, 2.45) is 0 Å². The summed E-state index contributed by atoms with van der Waals surface area (Å²) in [4.78, 5) is 17.7. The van der Waals surface area contributed by atoms with Crippen molar-refractivity contribution in [1.29, 1.82) is 0 Å². The van der Waals surface area contributed by atoms with Gasteiger partial charge in [-0.25, -0.2) is 4.98 Å². The van der Waals surface area contributed by atoms with E-state index in [9.17, 15) is 4.79 Å². The van der Waals surface area contributed by atoms with Crippen LogP contribution in [0.4, 0.5) is 5.88 Å². The van der Waals surface area contributed by atoms with Crippen molar-refractivity contribution in [2.75, 3.05) is 12.8 Å². The van der Waals surface area contributed by atoms with Crippen LogP contribution >= 0.6 is 11.3 Å². The Morgan fingerprint density at radius 2 is 2.08 bits per heavy atom. The van der Waals surface area contributed by atoms with Gasteiger partial charge in [-0.1, -0.05) is 25.5 Å². The third kappa shape index (κ3) is 2.63. The zero-order valence-corrected chi connectivity index (χ0v) is 15.4. The van der Waals surface area contributed by atoms with Gasteiger partial charge in [-0.3, -0.25) is 4.79 Å². The maximum absolute atomic E-state index is 13.2. The van der Waals surface area contributed by atoms with E-state index in [4.69, 9.17) is 14.9 Å². The summed E-state index contributed by atoms with van der Waals surface area (Å²) < 4.78 is 12.2. The molecule has 0 unspecified atom stereocenters. The Morgan fingerprint density at radius 1 is 1.27 bits per heavy atom. The Balaban J connectivity index is 1.99. The zero-order chi connectivity index (χ0) is 18.3. The molecule has 2 heterocycles. The molecule has 6 heteroatoms. The Morgan fingerprint density at radius 3 is 2.81 bits per heavy atom. The fourth-order valence-corrected chi connectivity index (χ4v) is 4.13. The maximum Gasteiger partial charge on any atom is 0.205 e. The summed E-state index contributed by atoms with van der Waals surface area (Å²) in [5.74, 6) is 0.779. The van der Waals surface area contributed by atoms with Gasteiger partial charge in [0, 0.05) is 6.07 Å². The Kier molecular flexibility index (Phi) is 4.12. The van der Waals surface area contributed by atoms with E-state index >= 15 is 0 Å². The molecule has 0 aliphatic heterocycles. The smallest absolute Gasteiger partial charge is 0.205 e. The van der Waals surface area contributed by atoms with Gasteiger partial charge < -0.3 is 14.9 Å². The van der Waals surface area contributed by atoms with E-state index < -0.39 is 0 Å². The second-order valence-electron chi connectivity index (χ2n) is 6.07. The van der Waals surface area contributed by atoms with Crippen LogP contribution < -0.4 is 15.9 Å². The summed E-state index contributed by atoms with van der Waals surface area (Å²) in [6.45, 7) is 2.08. The largest absolute Gasteiger partial charge is 0.496 e. The minimum Gasteiger partial charge on any atom is -0.496 e. The second-order valence-corrected chi connectivity index (χ2v) is 7.10. The summed E-state index contributed by atoms with van der Waals surface area (Å²) in [7, 11) is 1.61. The average Bonchev–Trinajstić information content (AvgIpc) is 3.05. The van der Waals surface area contributed by atoms with E-state index in [0.717, 1.165) is 28.6 Å². The summed E-state index contributed by atoms with van der Waals surface area (Å²) >= 11 is 1.43. The van der Waals surface area contributed by atoms with Gasteiger partial charge in [0.1, 0.15) is 21.9 Å². The number of nitrogen functional groups attached to an aromatic ring is 1. The molecule has 0 aliphatic carbocycles. The van der Waals surface area contributed by atoms with Crippen LogP contribution in [0.15, 0.2) is 45.6 Å². The predicted molar refractivity (Wildman–Crippen MR) is 106 cm³/mol. The number of hydrogen-bond acceptors (Lipinski definition) is 6. The lowest BCUT2D eigenvalue weighted by atomic mass is 10.0. The number of fused-ring (bicyclic) bond motifs is 2. The molecule has 0 amide bonds. The zero-order valence-electron chi connectivity index (χ0n) is 14.5. The second kappa shape index (κ2) is 6.46. The molecule has 4 aromatic rings. The number of rotatable bonds is 4. The molecule has 26 heavy (non-hydrogen) atoms. The van der Waals surface area contributed by atoms with E-state index in [1.54, 1.807) is 13.2 Å². The molecular formula is C20H18N2O3S. The van der Waals surface area contributed by atoms with Crippen LogP contribution in [0.2, 0.25) is 0 Å². The molecule has 0 atom stereocenters. The highest BCUT2D eigenvalue weighted by molar-refractivity contribution is 7.21. The number of thiazole rings is 1. The van der Waals surface area contributed by atoms with Crippen molar-refractivity contribution in [3.8, 4) is 16.3 Å². The van der Waals surface area contributed by atoms with Gasteiger partial charge in [0.05, 0.1) is 22.7 Å². The molecule has 0 bridgehead atoms.